The summed E-state index contributed by atoms with van der Waals surface area (Å²) >= 11 is 1.60. The Morgan fingerprint density at radius 3 is 2.50 bits per heavy atom. The van der Waals surface area contributed by atoms with Crippen LogP contribution < -0.4 is 9.80 Å². The number of amides is 1. The Bertz CT molecular complexity index is 685. The van der Waals surface area contributed by atoms with Gasteiger partial charge in [0, 0.05) is 23.9 Å². The number of para-hydroxylation sites is 2. The highest BCUT2D eigenvalue weighted by Crippen LogP contribution is 2.51. The van der Waals surface area contributed by atoms with Crippen molar-refractivity contribution in [3.05, 3.63) is 42.5 Å². The molecule has 1 N–H and O–H groups in total. The zero-order chi connectivity index (χ0) is 14.3. The van der Waals surface area contributed by atoms with Gasteiger partial charge in [0.25, 0.3) is 0 Å². The normalized spacial score (nSPS) is 12.6. The zero-order valence-electron chi connectivity index (χ0n) is 11.2. The Balaban J connectivity index is 2.27. The Morgan fingerprint density at radius 2 is 1.80 bits per heavy atom. The van der Waals surface area contributed by atoms with Crippen LogP contribution in [0.15, 0.2) is 52.3 Å². The largest absolute Gasteiger partial charge is 0.464 e. The molecule has 1 amide bonds. The molecular formula is C15H14N2O2S. The molecule has 0 aliphatic carbocycles. The fraction of sp³-hybridized carbons (Fsp3) is 0.133. The number of carboxylic acid groups (broad SMARTS) is 1. The minimum atomic E-state index is -0.965. The summed E-state index contributed by atoms with van der Waals surface area (Å²) < 4.78 is 0. The standard InChI is InChI=1S/C15H14N2O2S/c1-16(2)11-7-5-9-13-14(11)17(15(18)19)10-6-3-4-8-12(10)20-13/h3-9H,1-2H3,(H,18,19). The first kappa shape index (κ1) is 12.9. The van der Waals surface area contributed by atoms with Gasteiger partial charge in [0.1, 0.15) is 0 Å². The summed E-state index contributed by atoms with van der Waals surface area (Å²) in [4.78, 5) is 17.0. The van der Waals surface area contributed by atoms with Gasteiger partial charge in [0.05, 0.1) is 17.1 Å². The van der Waals surface area contributed by atoms with Gasteiger partial charge in [-0.25, -0.2) is 9.69 Å². The molecule has 0 aromatic heterocycles. The van der Waals surface area contributed by atoms with E-state index in [1.165, 1.54) is 4.90 Å². The Morgan fingerprint density at radius 1 is 1.10 bits per heavy atom. The lowest BCUT2D eigenvalue weighted by Crippen LogP contribution is -2.28. The third kappa shape index (κ3) is 1.91. The number of rotatable bonds is 1. The fourth-order valence-electron chi connectivity index (χ4n) is 2.34. The van der Waals surface area contributed by atoms with Crippen molar-refractivity contribution in [3.8, 4) is 0 Å². The molecular weight excluding hydrogens is 272 g/mol. The molecule has 0 bridgehead atoms. The fourth-order valence-corrected chi connectivity index (χ4v) is 3.43. The van der Waals surface area contributed by atoms with E-state index in [2.05, 4.69) is 0 Å². The van der Waals surface area contributed by atoms with Gasteiger partial charge < -0.3 is 10.0 Å². The maximum Gasteiger partial charge on any atom is 0.416 e. The van der Waals surface area contributed by atoms with E-state index in [0.717, 1.165) is 21.2 Å². The number of nitrogens with zero attached hydrogens (tertiary/aromatic N) is 2. The summed E-state index contributed by atoms with van der Waals surface area (Å²) in [7, 11) is 3.83. The van der Waals surface area contributed by atoms with Crippen LogP contribution >= 0.6 is 11.8 Å². The lowest BCUT2D eigenvalue weighted by molar-refractivity contribution is 0.204. The second kappa shape index (κ2) is 4.76. The van der Waals surface area contributed by atoms with Crippen LogP contribution in [0.4, 0.5) is 21.9 Å². The van der Waals surface area contributed by atoms with Gasteiger partial charge in [-0.3, -0.25) is 0 Å². The molecule has 102 valence electrons. The van der Waals surface area contributed by atoms with Crippen LogP contribution in [0.1, 0.15) is 0 Å². The van der Waals surface area contributed by atoms with Gasteiger partial charge >= 0.3 is 6.09 Å². The second-order valence-corrected chi connectivity index (χ2v) is 5.79. The molecule has 3 rings (SSSR count). The highest BCUT2D eigenvalue weighted by atomic mass is 32.2. The summed E-state index contributed by atoms with van der Waals surface area (Å²) in [6.45, 7) is 0. The highest BCUT2D eigenvalue weighted by Gasteiger charge is 2.30. The van der Waals surface area contributed by atoms with Crippen molar-refractivity contribution >= 4 is 34.9 Å². The van der Waals surface area contributed by atoms with Crippen LogP contribution in [0.5, 0.6) is 0 Å². The number of hydrogen-bond donors (Lipinski definition) is 1. The quantitative estimate of drug-likeness (QED) is 0.859. The van der Waals surface area contributed by atoms with Gasteiger partial charge in [-0.15, -0.1) is 0 Å². The lowest BCUT2D eigenvalue weighted by atomic mass is 10.2. The Labute approximate surface area is 121 Å². The summed E-state index contributed by atoms with van der Waals surface area (Å²) in [5, 5.41) is 9.64. The van der Waals surface area contributed by atoms with Crippen molar-refractivity contribution in [2.45, 2.75) is 9.79 Å². The van der Waals surface area contributed by atoms with Crippen LogP contribution in [-0.4, -0.2) is 25.3 Å². The Kier molecular flexibility index (Phi) is 3.06. The van der Waals surface area contributed by atoms with Crippen LogP contribution in [0.2, 0.25) is 0 Å². The molecule has 2 aromatic rings. The third-order valence-electron chi connectivity index (χ3n) is 3.20. The van der Waals surface area contributed by atoms with Gasteiger partial charge in [0.15, 0.2) is 0 Å². The molecule has 0 saturated heterocycles. The summed E-state index contributed by atoms with van der Waals surface area (Å²) in [6, 6.07) is 13.4. The topological polar surface area (TPSA) is 43.8 Å². The molecule has 2 aromatic carbocycles. The molecule has 20 heavy (non-hydrogen) atoms. The molecule has 0 saturated carbocycles. The molecule has 1 aliphatic rings. The first-order valence-corrected chi connectivity index (χ1v) is 7.01. The first-order valence-electron chi connectivity index (χ1n) is 6.20. The lowest BCUT2D eigenvalue weighted by Gasteiger charge is -2.32. The zero-order valence-corrected chi connectivity index (χ0v) is 12.0. The number of carbonyl (C=O) groups is 1. The van der Waals surface area contributed by atoms with E-state index in [0.29, 0.717) is 5.69 Å². The summed E-state index contributed by atoms with van der Waals surface area (Å²) in [5.74, 6) is 0. The molecule has 0 spiro atoms. The SMILES string of the molecule is CN(C)c1cccc2c1N(C(=O)O)c1ccccc1S2. The van der Waals surface area contributed by atoms with Crippen molar-refractivity contribution in [2.24, 2.45) is 0 Å². The first-order chi connectivity index (χ1) is 9.59. The van der Waals surface area contributed by atoms with Crippen molar-refractivity contribution in [3.63, 3.8) is 0 Å². The summed E-state index contributed by atoms with van der Waals surface area (Å²) in [5.41, 5.74) is 2.34. The Hall–Kier alpha value is -2.14. The number of anilines is 3. The van der Waals surface area contributed by atoms with E-state index >= 15 is 0 Å². The average Bonchev–Trinajstić information content (AvgIpc) is 2.43. The monoisotopic (exact) mass is 286 g/mol. The number of hydrogen-bond acceptors (Lipinski definition) is 3. The van der Waals surface area contributed by atoms with Crippen molar-refractivity contribution in [2.75, 3.05) is 23.9 Å². The van der Waals surface area contributed by atoms with E-state index in [1.807, 2.05) is 61.5 Å². The van der Waals surface area contributed by atoms with E-state index in [4.69, 9.17) is 0 Å². The van der Waals surface area contributed by atoms with Gasteiger partial charge in [-0.05, 0) is 24.3 Å². The molecule has 5 heteroatoms. The third-order valence-corrected chi connectivity index (χ3v) is 4.31. The van der Waals surface area contributed by atoms with Crippen molar-refractivity contribution in [1.29, 1.82) is 0 Å². The maximum absolute atomic E-state index is 11.8. The van der Waals surface area contributed by atoms with Crippen LogP contribution in [-0.2, 0) is 0 Å². The van der Waals surface area contributed by atoms with E-state index in [9.17, 15) is 9.90 Å². The molecule has 1 aliphatic heterocycles. The highest BCUT2D eigenvalue weighted by molar-refractivity contribution is 7.99. The van der Waals surface area contributed by atoms with Crippen LogP contribution in [0.25, 0.3) is 0 Å². The van der Waals surface area contributed by atoms with Crippen molar-refractivity contribution in [1.82, 2.24) is 0 Å². The van der Waals surface area contributed by atoms with Gasteiger partial charge in [-0.2, -0.15) is 0 Å². The molecule has 4 nitrogen and oxygen atoms in total. The van der Waals surface area contributed by atoms with Gasteiger partial charge in [0.2, 0.25) is 0 Å². The predicted molar refractivity (Wildman–Crippen MR) is 81.5 cm³/mol. The number of fused-ring (bicyclic) bond motifs is 2. The minimum Gasteiger partial charge on any atom is -0.464 e. The average molecular weight is 286 g/mol. The van der Waals surface area contributed by atoms with Crippen LogP contribution in [0, 0.1) is 0 Å². The number of benzene rings is 2. The summed E-state index contributed by atoms with van der Waals surface area (Å²) in [6.07, 6.45) is -0.965. The van der Waals surface area contributed by atoms with E-state index in [-0.39, 0.29) is 0 Å². The molecule has 0 atom stereocenters. The van der Waals surface area contributed by atoms with Gasteiger partial charge in [-0.1, -0.05) is 30.0 Å². The van der Waals surface area contributed by atoms with Crippen LogP contribution in [0.3, 0.4) is 0 Å². The minimum absolute atomic E-state index is 0.715. The van der Waals surface area contributed by atoms with E-state index < -0.39 is 6.09 Å². The molecule has 0 fully saturated rings. The predicted octanol–water partition coefficient (Wildman–Crippen LogP) is 4.03. The second-order valence-electron chi connectivity index (χ2n) is 4.71. The smallest absolute Gasteiger partial charge is 0.416 e. The molecule has 0 unspecified atom stereocenters. The molecule has 1 heterocycles. The van der Waals surface area contributed by atoms with Crippen molar-refractivity contribution < 1.29 is 9.90 Å². The van der Waals surface area contributed by atoms with E-state index in [1.54, 1.807) is 11.8 Å². The maximum atomic E-state index is 11.8. The molecule has 0 radical (unpaired) electrons.